The topological polar surface area (TPSA) is 57.2 Å². The lowest BCUT2D eigenvalue weighted by Gasteiger charge is -2.36. The van der Waals surface area contributed by atoms with Crippen molar-refractivity contribution in [2.75, 3.05) is 41.3 Å². The second-order valence-corrected chi connectivity index (χ2v) is 7.31. The lowest BCUT2D eigenvalue weighted by molar-refractivity contribution is 0.635. The average molecular weight is 395 g/mol. The van der Waals surface area contributed by atoms with Gasteiger partial charge in [0.1, 0.15) is 0 Å². The highest BCUT2D eigenvalue weighted by Gasteiger charge is 2.20. The van der Waals surface area contributed by atoms with Gasteiger partial charge < -0.3 is 15.1 Å². The third-order valence-corrected chi connectivity index (χ3v) is 5.18. The Hall–Kier alpha value is -2.86. The van der Waals surface area contributed by atoms with Gasteiger partial charge in [-0.1, -0.05) is 48.0 Å². The van der Waals surface area contributed by atoms with E-state index in [-0.39, 0.29) is 6.04 Å². The number of nitrogens with one attached hydrogen (secondary N) is 1. The normalized spacial score (nSPS) is 15.4. The highest BCUT2D eigenvalue weighted by molar-refractivity contribution is 6.30. The van der Waals surface area contributed by atoms with Gasteiger partial charge in [-0.15, -0.1) is 5.10 Å². The first kappa shape index (κ1) is 18.5. The number of aromatic nitrogens is 3. The summed E-state index contributed by atoms with van der Waals surface area (Å²) in [5, 5.41) is 12.6. The number of hydrogen-bond donors (Lipinski definition) is 1. The fourth-order valence-corrected chi connectivity index (χ4v) is 3.57. The van der Waals surface area contributed by atoms with Crippen LogP contribution in [-0.2, 0) is 0 Å². The summed E-state index contributed by atoms with van der Waals surface area (Å²) in [6, 6.07) is 18.4. The predicted octanol–water partition coefficient (Wildman–Crippen LogP) is 4.02. The van der Waals surface area contributed by atoms with E-state index in [1.165, 1.54) is 5.56 Å². The van der Waals surface area contributed by atoms with Crippen LogP contribution in [0.2, 0.25) is 5.02 Å². The van der Waals surface area contributed by atoms with E-state index in [0.29, 0.717) is 5.95 Å². The molecule has 1 fully saturated rings. The van der Waals surface area contributed by atoms with Crippen LogP contribution in [0.25, 0.3) is 0 Å². The highest BCUT2D eigenvalue weighted by atomic mass is 35.5. The summed E-state index contributed by atoms with van der Waals surface area (Å²) in [6.45, 7) is 5.57. The maximum absolute atomic E-state index is 6.12. The SMILES string of the molecule is CC(Nc1cnnc(N2CCN(c3cccc(Cl)c3)CC2)n1)c1ccccc1. The molecule has 1 saturated heterocycles. The number of benzene rings is 2. The quantitative estimate of drug-likeness (QED) is 0.705. The fraction of sp³-hybridized carbons (Fsp3) is 0.286. The van der Waals surface area contributed by atoms with Crippen LogP contribution in [0.4, 0.5) is 17.5 Å². The van der Waals surface area contributed by atoms with Crippen LogP contribution in [0.3, 0.4) is 0 Å². The van der Waals surface area contributed by atoms with Gasteiger partial charge in [0, 0.05) is 42.9 Å². The molecule has 1 aliphatic heterocycles. The molecule has 1 unspecified atom stereocenters. The van der Waals surface area contributed by atoms with Crippen LogP contribution in [0, 0.1) is 0 Å². The lowest BCUT2D eigenvalue weighted by atomic mass is 10.1. The van der Waals surface area contributed by atoms with E-state index in [0.717, 1.165) is 42.7 Å². The molecular formula is C21H23ClN6. The Morgan fingerprint density at radius 1 is 0.964 bits per heavy atom. The fourth-order valence-electron chi connectivity index (χ4n) is 3.38. The summed E-state index contributed by atoms with van der Waals surface area (Å²) in [6.07, 6.45) is 1.67. The third-order valence-electron chi connectivity index (χ3n) is 4.95. The molecule has 0 aliphatic carbocycles. The van der Waals surface area contributed by atoms with E-state index < -0.39 is 0 Å². The van der Waals surface area contributed by atoms with Crippen molar-refractivity contribution in [3.8, 4) is 0 Å². The molecular weight excluding hydrogens is 372 g/mol. The van der Waals surface area contributed by atoms with E-state index in [1.807, 2.05) is 36.4 Å². The molecule has 0 saturated carbocycles. The maximum atomic E-state index is 6.12. The second kappa shape index (κ2) is 8.44. The zero-order valence-electron chi connectivity index (χ0n) is 15.8. The number of hydrogen-bond acceptors (Lipinski definition) is 6. The van der Waals surface area contributed by atoms with Crippen LogP contribution in [0.1, 0.15) is 18.5 Å². The van der Waals surface area contributed by atoms with Gasteiger partial charge in [-0.2, -0.15) is 10.1 Å². The zero-order valence-corrected chi connectivity index (χ0v) is 16.5. The molecule has 1 atom stereocenters. The Morgan fingerprint density at radius 2 is 1.71 bits per heavy atom. The Labute approximate surface area is 170 Å². The summed E-state index contributed by atoms with van der Waals surface area (Å²) in [5.74, 6) is 1.40. The van der Waals surface area contributed by atoms with E-state index in [2.05, 4.69) is 55.4 Å². The van der Waals surface area contributed by atoms with E-state index in [1.54, 1.807) is 6.20 Å². The highest BCUT2D eigenvalue weighted by Crippen LogP contribution is 2.22. The third kappa shape index (κ3) is 4.34. The predicted molar refractivity (Wildman–Crippen MR) is 114 cm³/mol. The molecule has 6 nitrogen and oxygen atoms in total. The smallest absolute Gasteiger partial charge is 0.247 e. The van der Waals surface area contributed by atoms with Crippen molar-refractivity contribution in [1.82, 2.24) is 15.2 Å². The van der Waals surface area contributed by atoms with Gasteiger partial charge in [0.15, 0.2) is 5.82 Å². The van der Waals surface area contributed by atoms with Crippen molar-refractivity contribution < 1.29 is 0 Å². The summed E-state index contributed by atoms with van der Waals surface area (Å²) < 4.78 is 0. The Morgan fingerprint density at radius 3 is 2.46 bits per heavy atom. The monoisotopic (exact) mass is 394 g/mol. The Balaban J connectivity index is 1.40. The van der Waals surface area contributed by atoms with Gasteiger partial charge in [-0.05, 0) is 30.7 Å². The Kier molecular flexibility index (Phi) is 5.58. The number of halogens is 1. The molecule has 1 aliphatic rings. The van der Waals surface area contributed by atoms with E-state index in [9.17, 15) is 0 Å². The van der Waals surface area contributed by atoms with Gasteiger partial charge in [0.2, 0.25) is 5.95 Å². The molecule has 4 rings (SSSR count). The molecule has 0 amide bonds. The minimum absolute atomic E-state index is 0.144. The van der Waals surface area contributed by atoms with E-state index >= 15 is 0 Å². The van der Waals surface area contributed by atoms with Crippen molar-refractivity contribution >= 4 is 29.1 Å². The first-order chi connectivity index (χ1) is 13.7. The van der Waals surface area contributed by atoms with Gasteiger partial charge in [0.05, 0.1) is 6.20 Å². The first-order valence-corrected chi connectivity index (χ1v) is 9.83. The molecule has 0 spiro atoms. The van der Waals surface area contributed by atoms with Crippen molar-refractivity contribution in [2.45, 2.75) is 13.0 Å². The van der Waals surface area contributed by atoms with Crippen LogP contribution in [0.15, 0.2) is 60.8 Å². The van der Waals surface area contributed by atoms with Crippen molar-refractivity contribution in [1.29, 1.82) is 0 Å². The van der Waals surface area contributed by atoms with Gasteiger partial charge in [0.25, 0.3) is 0 Å². The Bertz CT molecular complexity index is 912. The number of nitrogens with zero attached hydrogens (tertiary/aromatic N) is 5. The van der Waals surface area contributed by atoms with Crippen molar-refractivity contribution in [3.05, 3.63) is 71.4 Å². The zero-order chi connectivity index (χ0) is 19.3. The minimum Gasteiger partial charge on any atom is -0.368 e. The summed E-state index contributed by atoms with van der Waals surface area (Å²) in [4.78, 5) is 9.18. The molecule has 0 bridgehead atoms. The van der Waals surface area contributed by atoms with Crippen LogP contribution >= 0.6 is 11.6 Å². The number of rotatable bonds is 5. The summed E-state index contributed by atoms with van der Waals surface area (Å²) in [7, 11) is 0. The molecule has 2 aromatic carbocycles. The molecule has 28 heavy (non-hydrogen) atoms. The lowest BCUT2D eigenvalue weighted by Crippen LogP contribution is -2.47. The van der Waals surface area contributed by atoms with Gasteiger partial charge >= 0.3 is 0 Å². The van der Waals surface area contributed by atoms with Gasteiger partial charge in [-0.25, -0.2) is 0 Å². The molecule has 144 valence electrons. The van der Waals surface area contributed by atoms with Crippen LogP contribution in [0.5, 0.6) is 0 Å². The van der Waals surface area contributed by atoms with Crippen molar-refractivity contribution in [3.63, 3.8) is 0 Å². The molecule has 2 heterocycles. The molecule has 7 heteroatoms. The number of anilines is 3. The minimum atomic E-state index is 0.144. The molecule has 0 radical (unpaired) electrons. The summed E-state index contributed by atoms with van der Waals surface area (Å²) in [5.41, 5.74) is 2.36. The van der Waals surface area contributed by atoms with Crippen LogP contribution < -0.4 is 15.1 Å². The average Bonchev–Trinajstić information content (AvgIpc) is 2.75. The molecule has 1 N–H and O–H groups in total. The van der Waals surface area contributed by atoms with Gasteiger partial charge in [-0.3, -0.25) is 0 Å². The molecule has 1 aromatic heterocycles. The second-order valence-electron chi connectivity index (χ2n) is 6.87. The van der Waals surface area contributed by atoms with E-state index in [4.69, 9.17) is 11.6 Å². The summed E-state index contributed by atoms with van der Waals surface area (Å²) >= 11 is 6.12. The number of piperazine rings is 1. The standard InChI is InChI=1S/C21H23ClN6/c1-16(17-6-3-2-4-7-17)24-20-15-23-26-21(25-20)28-12-10-27(11-13-28)19-9-5-8-18(22)14-19/h2-9,14-16H,10-13H2,1H3,(H,24,25,26). The molecule has 3 aromatic rings. The first-order valence-electron chi connectivity index (χ1n) is 9.46. The van der Waals surface area contributed by atoms with Crippen molar-refractivity contribution in [2.24, 2.45) is 0 Å². The maximum Gasteiger partial charge on any atom is 0.247 e. The largest absolute Gasteiger partial charge is 0.368 e. The van der Waals surface area contributed by atoms with Crippen LogP contribution in [-0.4, -0.2) is 41.4 Å².